The highest BCUT2D eigenvalue weighted by Crippen LogP contribution is 2.20. The van der Waals surface area contributed by atoms with Crippen molar-refractivity contribution in [3.63, 3.8) is 0 Å². The second kappa shape index (κ2) is 11.5. The summed E-state index contributed by atoms with van der Waals surface area (Å²) in [6.45, 7) is 2.73. The third-order valence-electron chi connectivity index (χ3n) is 5.59. The van der Waals surface area contributed by atoms with E-state index in [0.717, 1.165) is 18.7 Å². The normalized spacial score (nSPS) is 14.7. The second-order valence-corrected chi connectivity index (χ2v) is 7.75. The van der Waals surface area contributed by atoms with Crippen molar-refractivity contribution in [1.29, 1.82) is 0 Å². The van der Waals surface area contributed by atoms with Crippen LogP contribution in [0.1, 0.15) is 18.4 Å². The van der Waals surface area contributed by atoms with Crippen LogP contribution in [0.15, 0.2) is 60.7 Å². The van der Waals surface area contributed by atoms with Gasteiger partial charge in [-0.05, 0) is 37.0 Å². The van der Waals surface area contributed by atoms with Crippen LogP contribution in [0, 0.1) is 5.92 Å². The van der Waals surface area contributed by atoms with E-state index in [1.165, 1.54) is 5.56 Å². The van der Waals surface area contributed by atoms with E-state index in [0.29, 0.717) is 39.0 Å². The fraction of sp³-hybridized carbons (Fsp3) is 0.417. The number of aliphatic hydroxyl groups excluding tert-OH is 1. The minimum Gasteiger partial charge on any atom is -0.395 e. The lowest BCUT2D eigenvalue weighted by Gasteiger charge is -2.33. The number of aliphatic hydroxyl groups is 1. The van der Waals surface area contributed by atoms with Crippen molar-refractivity contribution in [2.24, 2.45) is 5.92 Å². The largest absolute Gasteiger partial charge is 0.395 e. The summed E-state index contributed by atoms with van der Waals surface area (Å²) in [4.78, 5) is 29.1. The van der Waals surface area contributed by atoms with Crippen molar-refractivity contribution in [3.8, 4) is 0 Å². The lowest BCUT2D eigenvalue weighted by atomic mass is 9.95. The Morgan fingerprint density at radius 1 is 0.967 bits per heavy atom. The number of nitrogens with zero attached hydrogens (tertiary/aromatic N) is 2. The van der Waals surface area contributed by atoms with E-state index in [1.54, 1.807) is 0 Å². The Morgan fingerprint density at radius 2 is 1.60 bits per heavy atom. The fourth-order valence-corrected chi connectivity index (χ4v) is 3.79. The molecule has 6 heteroatoms. The van der Waals surface area contributed by atoms with Crippen LogP contribution < -0.4 is 5.32 Å². The average molecular weight is 410 g/mol. The Morgan fingerprint density at radius 3 is 2.23 bits per heavy atom. The predicted octanol–water partition coefficient (Wildman–Crippen LogP) is 2.40. The number of piperidine rings is 1. The Bertz CT molecular complexity index is 790. The zero-order chi connectivity index (χ0) is 21.2. The Balaban J connectivity index is 1.44. The minimum absolute atomic E-state index is 0.0260. The summed E-state index contributed by atoms with van der Waals surface area (Å²) in [5.41, 5.74) is 2.03. The van der Waals surface area contributed by atoms with Crippen LogP contribution in [0.5, 0.6) is 0 Å². The molecule has 1 fully saturated rings. The number of carbonyl (C=O) groups is 2. The molecule has 0 bridgehead atoms. The molecule has 1 saturated heterocycles. The molecule has 30 heavy (non-hydrogen) atoms. The minimum atomic E-state index is -0.0686. The molecule has 2 aromatic carbocycles. The van der Waals surface area contributed by atoms with E-state index in [9.17, 15) is 14.7 Å². The standard InChI is InChI=1S/C24H31N3O3/c28-18-17-26(14-11-20-7-3-1-4-8-20)19-23(29)27-15-12-21(13-16-27)24(30)25-22-9-5-2-6-10-22/h1-10,21,28H,11-19H2,(H,25,30). The van der Waals surface area contributed by atoms with Gasteiger partial charge in [0, 0.05) is 37.8 Å². The molecule has 0 atom stereocenters. The molecule has 0 radical (unpaired) electrons. The molecule has 0 saturated carbocycles. The summed E-state index contributed by atoms with van der Waals surface area (Å²) < 4.78 is 0. The van der Waals surface area contributed by atoms with Crippen LogP contribution in [0.2, 0.25) is 0 Å². The van der Waals surface area contributed by atoms with Crippen molar-refractivity contribution in [2.45, 2.75) is 19.3 Å². The van der Waals surface area contributed by atoms with Gasteiger partial charge in [-0.3, -0.25) is 14.5 Å². The van der Waals surface area contributed by atoms with Crippen LogP contribution in [0.4, 0.5) is 5.69 Å². The lowest BCUT2D eigenvalue weighted by Crippen LogP contribution is -2.46. The summed E-state index contributed by atoms with van der Waals surface area (Å²) in [5.74, 6) is 0.0253. The smallest absolute Gasteiger partial charge is 0.236 e. The third kappa shape index (κ3) is 6.68. The van der Waals surface area contributed by atoms with Crippen LogP contribution in [0.25, 0.3) is 0 Å². The number of para-hydroxylation sites is 1. The molecular formula is C24H31N3O3. The van der Waals surface area contributed by atoms with Crippen LogP contribution in [-0.2, 0) is 16.0 Å². The highest BCUT2D eigenvalue weighted by Gasteiger charge is 2.28. The van der Waals surface area contributed by atoms with Gasteiger partial charge in [-0.1, -0.05) is 48.5 Å². The summed E-state index contributed by atoms with van der Waals surface area (Å²) in [6.07, 6.45) is 2.19. The number of carbonyl (C=O) groups excluding carboxylic acids is 2. The third-order valence-corrected chi connectivity index (χ3v) is 5.59. The maximum Gasteiger partial charge on any atom is 0.236 e. The first-order valence-electron chi connectivity index (χ1n) is 10.7. The molecule has 1 aliphatic rings. The summed E-state index contributed by atoms with van der Waals surface area (Å²) in [7, 11) is 0. The maximum absolute atomic E-state index is 12.8. The van der Waals surface area contributed by atoms with E-state index in [1.807, 2.05) is 58.3 Å². The molecule has 160 valence electrons. The molecule has 0 unspecified atom stereocenters. The van der Waals surface area contributed by atoms with E-state index in [-0.39, 0.29) is 24.3 Å². The van der Waals surface area contributed by atoms with Gasteiger partial charge in [-0.2, -0.15) is 0 Å². The number of amides is 2. The Labute approximate surface area is 178 Å². The molecule has 0 aromatic heterocycles. The van der Waals surface area contributed by atoms with Crippen LogP contribution >= 0.6 is 0 Å². The maximum atomic E-state index is 12.8. The fourth-order valence-electron chi connectivity index (χ4n) is 3.79. The predicted molar refractivity (Wildman–Crippen MR) is 118 cm³/mol. The highest BCUT2D eigenvalue weighted by molar-refractivity contribution is 5.92. The van der Waals surface area contributed by atoms with E-state index in [2.05, 4.69) is 17.4 Å². The summed E-state index contributed by atoms with van der Waals surface area (Å²) >= 11 is 0. The quantitative estimate of drug-likeness (QED) is 0.667. The number of benzene rings is 2. The van der Waals surface area contributed by atoms with Crippen LogP contribution in [-0.4, -0.2) is 66.1 Å². The highest BCUT2D eigenvalue weighted by atomic mass is 16.3. The van der Waals surface area contributed by atoms with Gasteiger partial charge < -0.3 is 15.3 Å². The van der Waals surface area contributed by atoms with Crippen molar-refractivity contribution in [2.75, 3.05) is 44.6 Å². The molecule has 3 rings (SSSR count). The monoisotopic (exact) mass is 409 g/mol. The van der Waals surface area contributed by atoms with Gasteiger partial charge in [0.1, 0.15) is 0 Å². The van der Waals surface area contributed by atoms with Gasteiger partial charge in [0.15, 0.2) is 0 Å². The van der Waals surface area contributed by atoms with Gasteiger partial charge in [0.05, 0.1) is 13.2 Å². The molecule has 0 aliphatic carbocycles. The number of rotatable bonds is 9. The van der Waals surface area contributed by atoms with Gasteiger partial charge in [0.2, 0.25) is 11.8 Å². The molecule has 2 amide bonds. The first kappa shape index (κ1) is 22.0. The molecule has 6 nitrogen and oxygen atoms in total. The summed E-state index contributed by atoms with van der Waals surface area (Å²) in [6, 6.07) is 19.6. The SMILES string of the molecule is O=C(Nc1ccccc1)C1CCN(C(=O)CN(CCO)CCc2ccccc2)CC1. The molecule has 1 aliphatic heterocycles. The molecular weight excluding hydrogens is 378 g/mol. The first-order valence-corrected chi connectivity index (χ1v) is 10.7. The summed E-state index contributed by atoms with van der Waals surface area (Å²) in [5, 5.41) is 12.3. The number of anilines is 1. The first-order chi connectivity index (χ1) is 14.7. The van der Waals surface area contributed by atoms with Gasteiger partial charge >= 0.3 is 0 Å². The zero-order valence-corrected chi connectivity index (χ0v) is 17.4. The topological polar surface area (TPSA) is 72.9 Å². The van der Waals surface area contributed by atoms with Gasteiger partial charge in [0.25, 0.3) is 0 Å². The van der Waals surface area contributed by atoms with E-state index in [4.69, 9.17) is 0 Å². The Hall–Kier alpha value is -2.70. The molecule has 2 aromatic rings. The van der Waals surface area contributed by atoms with E-state index < -0.39 is 0 Å². The van der Waals surface area contributed by atoms with Gasteiger partial charge in [-0.25, -0.2) is 0 Å². The molecule has 2 N–H and O–H groups in total. The molecule has 1 heterocycles. The van der Waals surface area contributed by atoms with Gasteiger partial charge in [-0.15, -0.1) is 0 Å². The second-order valence-electron chi connectivity index (χ2n) is 7.75. The zero-order valence-electron chi connectivity index (χ0n) is 17.4. The lowest BCUT2D eigenvalue weighted by molar-refractivity contribution is -0.135. The number of hydrogen-bond donors (Lipinski definition) is 2. The van der Waals surface area contributed by atoms with Crippen molar-refractivity contribution < 1.29 is 14.7 Å². The number of hydrogen-bond acceptors (Lipinski definition) is 4. The van der Waals surface area contributed by atoms with Crippen molar-refractivity contribution in [1.82, 2.24) is 9.80 Å². The number of nitrogens with one attached hydrogen (secondary N) is 1. The Kier molecular flexibility index (Phi) is 8.41. The van der Waals surface area contributed by atoms with E-state index >= 15 is 0 Å². The molecule has 0 spiro atoms. The van der Waals surface area contributed by atoms with Crippen molar-refractivity contribution >= 4 is 17.5 Å². The van der Waals surface area contributed by atoms with Crippen LogP contribution in [0.3, 0.4) is 0 Å². The number of likely N-dealkylation sites (tertiary alicyclic amines) is 1. The average Bonchev–Trinajstić information content (AvgIpc) is 2.79. The van der Waals surface area contributed by atoms with Crippen molar-refractivity contribution in [3.05, 3.63) is 66.2 Å².